The number of rotatable bonds is 6. The summed E-state index contributed by atoms with van der Waals surface area (Å²) >= 11 is 0. The van der Waals surface area contributed by atoms with Crippen molar-refractivity contribution >= 4 is 27.3 Å². The van der Waals surface area contributed by atoms with Gasteiger partial charge in [-0.2, -0.15) is 0 Å². The zero-order valence-electron chi connectivity index (χ0n) is 20.5. The Balaban J connectivity index is 1.62. The van der Waals surface area contributed by atoms with Crippen LogP contribution in [0.25, 0.3) is 0 Å². The van der Waals surface area contributed by atoms with Crippen LogP contribution in [0.15, 0.2) is 47.4 Å². The van der Waals surface area contributed by atoms with Crippen LogP contribution < -0.4 is 14.9 Å². The van der Waals surface area contributed by atoms with Gasteiger partial charge in [0.1, 0.15) is 0 Å². The third kappa shape index (κ3) is 5.57. The highest BCUT2D eigenvalue weighted by Crippen LogP contribution is 2.33. The summed E-state index contributed by atoms with van der Waals surface area (Å²) in [5.41, 5.74) is 2.76. The van der Waals surface area contributed by atoms with E-state index in [-0.39, 0.29) is 16.8 Å². The molecule has 4 rings (SSSR count). The highest BCUT2D eigenvalue weighted by molar-refractivity contribution is 7.92. The Morgan fingerprint density at radius 3 is 2.35 bits per heavy atom. The third-order valence-electron chi connectivity index (χ3n) is 7.55. The van der Waals surface area contributed by atoms with Crippen molar-refractivity contribution in [1.82, 2.24) is 5.32 Å². The summed E-state index contributed by atoms with van der Waals surface area (Å²) in [6.07, 6.45) is 6.62. The maximum atomic E-state index is 13.2. The van der Waals surface area contributed by atoms with Crippen LogP contribution in [0.3, 0.4) is 0 Å². The second kappa shape index (κ2) is 10.4. The Labute approximate surface area is 204 Å². The van der Waals surface area contributed by atoms with E-state index in [4.69, 9.17) is 0 Å². The number of piperidine rings is 1. The van der Waals surface area contributed by atoms with Gasteiger partial charge in [-0.15, -0.1) is 0 Å². The summed E-state index contributed by atoms with van der Waals surface area (Å²) in [5, 5.41) is 3.21. The quantitative estimate of drug-likeness (QED) is 0.581. The van der Waals surface area contributed by atoms with Gasteiger partial charge in [0.2, 0.25) is 0 Å². The average molecular weight is 484 g/mol. The molecule has 0 bridgehead atoms. The number of benzene rings is 2. The first kappa shape index (κ1) is 24.6. The fraction of sp³-hybridized carbons (Fsp3) is 0.519. The highest BCUT2D eigenvalue weighted by atomic mass is 32.2. The second-order valence-electron chi connectivity index (χ2n) is 10.0. The lowest BCUT2D eigenvalue weighted by molar-refractivity contribution is 0.0891. The topological polar surface area (TPSA) is 78.5 Å². The molecular weight excluding hydrogens is 446 g/mol. The van der Waals surface area contributed by atoms with Gasteiger partial charge in [-0.3, -0.25) is 9.52 Å². The molecule has 0 spiro atoms. The van der Waals surface area contributed by atoms with Crippen LogP contribution in [0.5, 0.6) is 0 Å². The molecule has 2 aromatic carbocycles. The lowest BCUT2D eigenvalue weighted by atomic mass is 9.78. The van der Waals surface area contributed by atoms with Crippen LogP contribution in [-0.4, -0.2) is 33.5 Å². The van der Waals surface area contributed by atoms with Crippen molar-refractivity contribution in [1.29, 1.82) is 0 Å². The Bertz CT molecular complexity index is 1110. The number of anilines is 2. The molecule has 34 heavy (non-hydrogen) atoms. The third-order valence-corrected chi connectivity index (χ3v) is 8.94. The first-order valence-electron chi connectivity index (χ1n) is 12.5. The van der Waals surface area contributed by atoms with E-state index in [0.717, 1.165) is 50.0 Å². The molecule has 1 saturated heterocycles. The van der Waals surface area contributed by atoms with Crippen molar-refractivity contribution in [2.75, 3.05) is 22.7 Å². The largest absolute Gasteiger partial charge is 0.370 e. The average Bonchev–Trinajstić information content (AvgIpc) is 2.82. The molecule has 7 heteroatoms. The number of nitrogens with zero attached hydrogens (tertiary/aromatic N) is 1. The molecular formula is C27H37N3O3S. The van der Waals surface area contributed by atoms with Gasteiger partial charge in [-0.05, 0) is 74.8 Å². The number of sulfonamides is 1. The van der Waals surface area contributed by atoms with Crippen LogP contribution in [0.1, 0.15) is 68.3 Å². The first-order valence-corrected chi connectivity index (χ1v) is 14.0. The summed E-state index contributed by atoms with van der Waals surface area (Å²) in [6, 6.07) is 12.3. The molecule has 2 aromatic rings. The van der Waals surface area contributed by atoms with E-state index >= 15 is 0 Å². The minimum atomic E-state index is -3.79. The molecule has 1 heterocycles. The smallest absolute Gasteiger partial charge is 0.261 e. The summed E-state index contributed by atoms with van der Waals surface area (Å²) in [4.78, 5) is 15.6. The molecule has 0 unspecified atom stereocenters. The monoisotopic (exact) mass is 483 g/mol. The van der Waals surface area contributed by atoms with Crippen LogP contribution in [-0.2, 0) is 10.0 Å². The molecule has 184 valence electrons. The van der Waals surface area contributed by atoms with Gasteiger partial charge in [0.25, 0.3) is 15.9 Å². The molecule has 3 atom stereocenters. The molecule has 1 aliphatic carbocycles. The van der Waals surface area contributed by atoms with E-state index in [2.05, 4.69) is 28.8 Å². The molecule has 2 aliphatic rings. The van der Waals surface area contributed by atoms with Crippen LogP contribution in [0, 0.1) is 18.8 Å². The molecule has 2 N–H and O–H groups in total. The fourth-order valence-electron chi connectivity index (χ4n) is 5.13. The number of hydrogen-bond donors (Lipinski definition) is 2. The van der Waals surface area contributed by atoms with E-state index in [1.165, 1.54) is 12.8 Å². The summed E-state index contributed by atoms with van der Waals surface area (Å²) in [5.74, 6) is 0.856. The van der Waals surface area contributed by atoms with Gasteiger partial charge < -0.3 is 10.2 Å². The minimum Gasteiger partial charge on any atom is -0.370 e. The molecule has 0 radical (unpaired) electrons. The van der Waals surface area contributed by atoms with Gasteiger partial charge in [-0.1, -0.05) is 44.4 Å². The second-order valence-corrected chi connectivity index (χ2v) is 11.7. The summed E-state index contributed by atoms with van der Waals surface area (Å²) in [7, 11) is -3.79. The molecule has 1 amide bonds. The SMILES string of the molecule is Cc1ccc(S(=O)(=O)Nc2cc(C(=O)N[C@@H]3CCC[C@H](C)[C@H]3C)ccc2N2CCCCC2)cc1. The van der Waals surface area contributed by atoms with E-state index in [9.17, 15) is 13.2 Å². The van der Waals surface area contributed by atoms with E-state index < -0.39 is 10.0 Å². The van der Waals surface area contributed by atoms with Crippen molar-refractivity contribution in [2.45, 2.75) is 70.2 Å². The van der Waals surface area contributed by atoms with Gasteiger partial charge >= 0.3 is 0 Å². The molecule has 2 fully saturated rings. The maximum absolute atomic E-state index is 13.2. The van der Waals surface area contributed by atoms with Crippen molar-refractivity contribution in [3.05, 3.63) is 53.6 Å². The van der Waals surface area contributed by atoms with Crippen molar-refractivity contribution in [3.63, 3.8) is 0 Å². The van der Waals surface area contributed by atoms with Gasteiger partial charge in [0.05, 0.1) is 16.3 Å². The standard InChI is InChI=1S/C27H37N3O3S/c1-19-10-13-23(14-11-19)34(32,33)29-25-18-22(12-15-26(25)30-16-5-4-6-17-30)27(31)28-24-9-7-8-20(2)21(24)3/h10-15,18,20-21,24,29H,4-9,16-17H2,1-3H3,(H,28,31)/t20-,21+,24+/m0/s1. The molecule has 6 nitrogen and oxygen atoms in total. The van der Waals surface area contributed by atoms with Gasteiger partial charge in [0.15, 0.2) is 0 Å². The Kier molecular flexibility index (Phi) is 7.51. The normalized spacial score (nSPS) is 23.4. The highest BCUT2D eigenvalue weighted by Gasteiger charge is 2.29. The number of carbonyl (C=O) groups is 1. The minimum absolute atomic E-state index is 0.144. The van der Waals surface area contributed by atoms with Crippen LogP contribution in [0.2, 0.25) is 0 Å². The zero-order valence-corrected chi connectivity index (χ0v) is 21.3. The van der Waals surface area contributed by atoms with Crippen molar-refractivity contribution < 1.29 is 13.2 Å². The predicted octanol–water partition coefficient (Wildman–Crippen LogP) is 5.34. The number of hydrogen-bond acceptors (Lipinski definition) is 4. The summed E-state index contributed by atoms with van der Waals surface area (Å²) in [6.45, 7) is 8.13. The van der Waals surface area contributed by atoms with Gasteiger partial charge in [0, 0.05) is 24.7 Å². The molecule has 1 saturated carbocycles. The number of nitrogens with one attached hydrogen (secondary N) is 2. The number of aryl methyl sites for hydroxylation is 1. The predicted molar refractivity (Wildman–Crippen MR) is 138 cm³/mol. The molecule has 1 aliphatic heterocycles. The summed E-state index contributed by atoms with van der Waals surface area (Å²) < 4.78 is 29.2. The van der Waals surface area contributed by atoms with E-state index in [0.29, 0.717) is 23.1 Å². The zero-order chi connectivity index (χ0) is 24.3. The Morgan fingerprint density at radius 1 is 0.941 bits per heavy atom. The van der Waals surface area contributed by atoms with Gasteiger partial charge in [-0.25, -0.2) is 8.42 Å². The lowest BCUT2D eigenvalue weighted by Crippen LogP contribution is -2.43. The van der Waals surface area contributed by atoms with Crippen molar-refractivity contribution in [3.8, 4) is 0 Å². The fourth-order valence-corrected chi connectivity index (χ4v) is 6.19. The van der Waals surface area contributed by atoms with E-state index in [1.807, 2.05) is 19.1 Å². The van der Waals surface area contributed by atoms with Crippen LogP contribution in [0.4, 0.5) is 11.4 Å². The Hall–Kier alpha value is -2.54. The number of amides is 1. The first-order chi connectivity index (χ1) is 16.2. The van der Waals surface area contributed by atoms with Crippen LogP contribution >= 0.6 is 0 Å². The Morgan fingerprint density at radius 2 is 1.65 bits per heavy atom. The molecule has 0 aromatic heterocycles. The van der Waals surface area contributed by atoms with Crippen molar-refractivity contribution in [2.24, 2.45) is 11.8 Å². The maximum Gasteiger partial charge on any atom is 0.261 e. The lowest BCUT2D eigenvalue weighted by Gasteiger charge is -2.34. The van der Waals surface area contributed by atoms with E-state index in [1.54, 1.807) is 30.3 Å². The number of carbonyl (C=O) groups excluding carboxylic acids is 1.